The zero-order valence-corrected chi connectivity index (χ0v) is 9.30. The summed E-state index contributed by atoms with van der Waals surface area (Å²) in [5.74, 6) is 0.803. The van der Waals surface area contributed by atoms with Crippen LogP contribution in [0.5, 0.6) is 0 Å². The van der Waals surface area contributed by atoms with Gasteiger partial charge in [0.1, 0.15) is 0 Å². The van der Waals surface area contributed by atoms with Crippen molar-refractivity contribution in [1.29, 1.82) is 0 Å². The van der Waals surface area contributed by atoms with Crippen molar-refractivity contribution in [3.05, 3.63) is 29.8 Å². The Kier molecular flexibility index (Phi) is 3.26. The summed E-state index contributed by atoms with van der Waals surface area (Å²) in [6.07, 6.45) is 0.879. The summed E-state index contributed by atoms with van der Waals surface area (Å²) >= 11 is 0. The van der Waals surface area contributed by atoms with Gasteiger partial charge in [0.05, 0.1) is 0 Å². The Labute approximate surface area is 94.3 Å². The van der Waals surface area contributed by atoms with Crippen LogP contribution in [0.15, 0.2) is 24.3 Å². The van der Waals surface area contributed by atoms with Gasteiger partial charge in [-0.2, -0.15) is 0 Å². The summed E-state index contributed by atoms with van der Waals surface area (Å²) in [5.41, 5.74) is 7.72. The molecule has 16 heavy (non-hydrogen) atoms. The van der Waals surface area contributed by atoms with Gasteiger partial charge in [-0.05, 0) is 36.4 Å². The molecule has 0 aliphatic rings. The molecule has 1 aromatic heterocycles. The highest BCUT2D eigenvalue weighted by atomic mass is 15.5. The fraction of sp³-hybridized carbons (Fsp3) is 0.364. The van der Waals surface area contributed by atoms with Gasteiger partial charge < -0.3 is 5.73 Å². The molecule has 2 N–H and O–H groups in total. The van der Waals surface area contributed by atoms with Crippen molar-refractivity contribution in [3.8, 4) is 11.4 Å². The third-order valence-corrected chi connectivity index (χ3v) is 2.38. The molecule has 2 rings (SSSR count). The van der Waals surface area contributed by atoms with Crippen molar-refractivity contribution in [2.24, 2.45) is 5.73 Å². The zero-order valence-electron chi connectivity index (χ0n) is 9.30. The predicted octanol–water partition coefficient (Wildman–Crippen LogP) is 0.997. The Balaban J connectivity index is 2.29. The number of hydrogen-bond donors (Lipinski definition) is 1. The van der Waals surface area contributed by atoms with Gasteiger partial charge in [-0.1, -0.05) is 23.8 Å². The third-order valence-electron chi connectivity index (χ3n) is 2.38. The lowest BCUT2D eigenvalue weighted by molar-refractivity contribution is 0.568. The Morgan fingerprint density at radius 1 is 1.38 bits per heavy atom. The maximum Gasteiger partial charge on any atom is 0.182 e. The van der Waals surface area contributed by atoms with Crippen molar-refractivity contribution in [1.82, 2.24) is 20.2 Å². The molecular weight excluding hydrogens is 202 g/mol. The van der Waals surface area contributed by atoms with Gasteiger partial charge in [0, 0.05) is 12.1 Å². The smallest absolute Gasteiger partial charge is 0.182 e. The summed E-state index contributed by atoms with van der Waals surface area (Å²) < 4.78 is 1.79. The lowest BCUT2D eigenvalue weighted by Crippen LogP contribution is -2.08. The summed E-state index contributed by atoms with van der Waals surface area (Å²) in [6.45, 7) is 3.46. The maximum atomic E-state index is 5.48. The molecule has 1 heterocycles. The second-order valence-corrected chi connectivity index (χ2v) is 3.74. The topological polar surface area (TPSA) is 69.6 Å². The minimum absolute atomic E-state index is 0.646. The van der Waals surface area contributed by atoms with Gasteiger partial charge in [-0.25, -0.2) is 4.68 Å². The Morgan fingerprint density at radius 2 is 2.25 bits per heavy atom. The lowest BCUT2D eigenvalue weighted by Gasteiger charge is -2.04. The number of rotatable bonds is 4. The third kappa shape index (κ3) is 2.25. The van der Waals surface area contributed by atoms with Gasteiger partial charge in [-0.3, -0.25) is 0 Å². The average molecular weight is 217 g/mol. The van der Waals surface area contributed by atoms with E-state index in [4.69, 9.17) is 5.73 Å². The predicted molar refractivity (Wildman–Crippen MR) is 61.7 cm³/mol. The minimum Gasteiger partial charge on any atom is -0.330 e. The van der Waals surface area contributed by atoms with E-state index >= 15 is 0 Å². The van der Waals surface area contributed by atoms with E-state index in [0.717, 1.165) is 24.4 Å². The fourth-order valence-corrected chi connectivity index (χ4v) is 1.59. The van der Waals surface area contributed by atoms with E-state index in [-0.39, 0.29) is 0 Å². The van der Waals surface area contributed by atoms with Gasteiger partial charge in [0.25, 0.3) is 0 Å². The molecular formula is C11H15N5. The van der Waals surface area contributed by atoms with Crippen molar-refractivity contribution in [3.63, 3.8) is 0 Å². The number of aromatic nitrogens is 4. The molecule has 0 unspecified atom stereocenters. The normalized spacial score (nSPS) is 10.6. The molecule has 0 fully saturated rings. The van der Waals surface area contributed by atoms with E-state index in [2.05, 4.69) is 34.6 Å². The summed E-state index contributed by atoms with van der Waals surface area (Å²) in [7, 11) is 0. The number of aryl methyl sites for hydroxylation is 2. The Morgan fingerprint density at radius 3 is 3.00 bits per heavy atom. The van der Waals surface area contributed by atoms with Crippen LogP contribution in [0.3, 0.4) is 0 Å². The molecule has 0 radical (unpaired) electrons. The highest BCUT2D eigenvalue weighted by molar-refractivity contribution is 5.55. The van der Waals surface area contributed by atoms with Crippen molar-refractivity contribution in [2.75, 3.05) is 6.54 Å². The standard InChI is InChI=1S/C11H15N5/c1-9-4-2-5-10(8-9)11-13-14-15-16(11)7-3-6-12/h2,4-5,8H,3,6-7,12H2,1H3. The minimum atomic E-state index is 0.646. The molecule has 5 heteroatoms. The molecule has 0 atom stereocenters. The lowest BCUT2D eigenvalue weighted by atomic mass is 10.1. The monoisotopic (exact) mass is 217 g/mol. The van der Waals surface area contributed by atoms with Crippen LogP contribution in [0.25, 0.3) is 11.4 Å². The first-order chi connectivity index (χ1) is 7.81. The van der Waals surface area contributed by atoms with Crippen LogP contribution in [-0.4, -0.2) is 26.8 Å². The number of nitrogens with two attached hydrogens (primary N) is 1. The second-order valence-electron chi connectivity index (χ2n) is 3.74. The zero-order chi connectivity index (χ0) is 11.4. The van der Waals surface area contributed by atoms with Crippen molar-refractivity contribution >= 4 is 0 Å². The molecule has 0 aliphatic carbocycles. The highest BCUT2D eigenvalue weighted by Crippen LogP contribution is 2.16. The van der Waals surface area contributed by atoms with E-state index < -0.39 is 0 Å². The molecule has 0 spiro atoms. The van der Waals surface area contributed by atoms with Crippen molar-refractivity contribution < 1.29 is 0 Å². The summed E-state index contributed by atoms with van der Waals surface area (Å²) in [4.78, 5) is 0. The maximum absolute atomic E-state index is 5.48. The van der Waals surface area contributed by atoms with Gasteiger partial charge in [0.2, 0.25) is 0 Å². The van der Waals surface area contributed by atoms with E-state index in [1.807, 2.05) is 12.1 Å². The van der Waals surface area contributed by atoms with E-state index in [0.29, 0.717) is 6.54 Å². The van der Waals surface area contributed by atoms with Crippen LogP contribution in [0.1, 0.15) is 12.0 Å². The number of hydrogen-bond acceptors (Lipinski definition) is 4. The van der Waals surface area contributed by atoms with Crippen LogP contribution in [0, 0.1) is 6.92 Å². The van der Waals surface area contributed by atoms with E-state index in [1.165, 1.54) is 5.56 Å². The molecule has 2 aromatic rings. The molecule has 1 aromatic carbocycles. The summed E-state index contributed by atoms with van der Waals surface area (Å²) in [6, 6.07) is 8.15. The number of nitrogens with zero attached hydrogens (tertiary/aromatic N) is 4. The van der Waals surface area contributed by atoms with E-state index in [1.54, 1.807) is 4.68 Å². The molecule has 0 bridgehead atoms. The first-order valence-corrected chi connectivity index (χ1v) is 5.34. The highest BCUT2D eigenvalue weighted by Gasteiger charge is 2.07. The molecule has 84 valence electrons. The van der Waals surface area contributed by atoms with Gasteiger partial charge in [-0.15, -0.1) is 5.10 Å². The molecule has 0 saturated carbocycles. The first kappa shape index (κ1) is 10.8. The van der Waals surface area contributed by atoms with Crippen LogP contribution in [0.4, 0.5) is 0 Å². The van der Waals surface area contributed by atoms with Crippen molar-refractivity contribution in [2.45, 2.75) is 19.9 Å². The fourth-order valence-electron chi connectivity index (χ4n) is 1.59. The molecule has 5 nitrogen and oxygen atoms in total. The summed E-state index contributed by atoms with van der Waals surface area (Å²) in [5, 5.41) is 11.7. The molecule has 0 amide bonds. The van der Waals surface area contributed by atoms with Gasteiger partial charge in [0.15, 0.2) is 5.82 Å². The SMILES string of the molecule is Cc1cccc(-c2nnnn2CCCN)c1. The average Bonchev–Trinajstić information content (AvgIpc) is 2.74. The quantitative estimate of drug-likeness (QED) is 0.829. The van der Waals surface area contributed by atoms with Gasteiger partial charge >= 0.3 is 0 Å². The number of tetrazole rings is 1. The Hall–Kier alpha value is -1.75. The Bertz CT molecular complexity index is 463. The molecule has 0 saturated heterocycles. The first-order valence-electron chi connectivity index (χ1n) is 5.34. The molecule has 0 aliphatic heterocycles. The van der Waals surface area contributed by atoms with Crippen LogP contribution >= 0.6 is 0 Å². The largest absolute Gasteiger partial charge is 0.330 e. The van der Waals surface area contributed by atoms with Crippen LogP contribution in [0.2, 0.25) is 0 Å². The van der Waals surface area contributed by atoms with Crippen LogP contribution < -0.4 is 5.73 Å². The van der Waals surface area contributed by atoms with E-state index in [9.17, 15) is 0 Å². The second kappa shape index (κ2) is 4.85. The van der Waals surface area contributed by atoms with Crippen LogP contribution in [-0.2, 0) is 6.54 Å². The number of benzene rings is 1.